The van der Waals surface area contributed by atoms with Crippen molar-refractivity contribution in [3.8, 4) is 5.75 Å². The van der Waals surface area contributed by atoms with Gasteiger partial charge in [0.2, 0.25) is 0 Å². The SMILES string of the molecule is COc1c(Cl)cc(C(=O)CBr)cc1C(F)(F)F. The Labute approximate surface area is 109 Å². The Morgan fingerprint density at radius 3 is 2.47 bits per heavy atom. The van der Waals surface area contributed by atoms with E-state index in [0.717, 1.165) is 19.2 Å². The molecule has 0 spiro atoms. The molecular formula is C10H7BrClF3O2. The van der Waals surface area contributed by atoms with E-state index in [-0.39, 0.29) is 15.9 Å². The van der Waals surface area contributed by atoms with Gasteiger partial charge in [-0.3, -0.25) is 4.79 Å². The van der Waals surface area contributed by atoms with Crippen LogP contribution in [0.25, 0.3) is 0 Å². The smallest absolute Gasteiger partial charge is 0.420 e. The molecule has 0 saturated heterocycles. The standard InChI is InChI=1S/C10H7BrClF3O2/c1-17-9-6(10(13,14)15)2-5(3-7(9)12)8(16)4-11/h2-3H,4H2,1H3. The van der Waals surface area contributed by atoms with Crippen LogP contribution in [0.3, 0.4) is 0 Å². The lowest BCUT2D eigenvalue weighted by Crippen LogP contribution is -2.11. The quantitative estimate of drug-likeness (QED) is 0.619. The normalized spacial score (nSPS) is 11.4. The summed E-state index contributed by atoms with van der Waals surface area (Å²) in [6.45, 7) is 0. The van der Waals surface area contributed by atoms with Crippen molar-refractivity contribution in [2.24, 2.45) is 0 Å². The average Bonchev–Trinajstić information content (AvgIpc) is 2.25. The number of carbonyl (C=O) groups excluding carboxylic acids is 1. The van der Waals surface area contributed by atoms with Crippen LogP contribution in [0.4, 0.5) is 13.2 Å². The molecule has 17 heavy (non-hydrogen) atoms. The molecule has 0 radical (unpaired) electrons. The van der Waals surface area contributed by atoms with Crippen molar-refractivity contribution < 1.29 is 22.7 Å². The number of hydrogen-bond donors (Lipinski definition) is 0. The fourth-order valence-corrected chi connectivity index (χ4v) is 1.87. The van der Waals surface area contributed by atoms with Gasteiger partial charge >= 0.3 is 6.18 Å². The van der Waals surface area contributed by atoms with Gasteiger partial charge in [-0.25, -0.2) is 0 Å². The molecule has 0 bridgehead atoms. The third-order valence-electron chi connectivity index (χ3n) is 2.00. The molecule has 2 nitrogen and oxygen atoms in total. The molecule has 1 rings (SSSR count). The summed E-state index contributed by atoms with van der Waals surface area (Å²) in [5.41, 5.74) is -1.17. The van der Waals surface area contributed by atoms with Gasteiger partial charge in [0.25, 0.3) is 0 Å². The van der Waals surface area contributed by atoms with Gasteiger partial charge in [0.1, 0.15) is 5.75 Å². The molecule has 94 valence electrons. The maximum atomic E-state index is 12.7. The van der Waals surface area contributed by atoms with E-state index in [2.05, 4.69) is 20.7 Å². The van der Waals surface area contributed by atoms with E-state index in [1.165, 1.54) is 0 Å². The minimum absolute atomic E-state index is 0.0764. The van der Waals surface area contributed by atoms with E-state index in [4.69, 9.17) is 11.6 Å². The lowest BCUT2D eigenvalue weighted by molar-refractivity contribution is -0.138. The average molecular weight is 332 g/mol. The van der Waals surface area contributed by atoms with E-state index >= 15 is 0 Å². The van der Waals surface area contributed by atoms with Gasteiger partial charge in [0.05, 0.1) is 23.0 Å². The van der Waals surface area contributed by atoms with Gasteiger partial charge in [-0.1, -0.05) is 27.5 Å². The van der Waals surface area contributed by atoms with Gasteiger partial charge in [-0.2, -0.15) is 13.2 Å². The van der Waals surface area contributed by atoms with Crippen LogP contribution < -0.4 is 4.74 Å². The first-order chi connectivity index (χ1) is 7.81. The Balaban J connectivity index is 3.44. The van der Waals surface area contributed by atoms with Gasteiger partial charge in [0.15, 0.2) is 5.78 Å². The number of carbonyl (C=O) groups is 1. The maximum Gasteiger partial charge on any atom is 0.420 e. The number of ether oxygens (including phenoxy) is 1. The zero-order valence-electron chi connectivity index (χ0n) is 8.57. The molecule has 0 amide bonds. The van der Waals surface area contributed by atoms with Crippen LogP contribution in [0.15, 0.2) is 12.1 Å². The van der Waals surface area contributed by atoms with E-state index < -0.39 is 23.3 Å². The third kappa shape index (κ3) is 3.13. The molecule has 0 N–H and O–H groups in total. The fourth-order valence-electron chi connectivity index (χ4n) is 1.25. The van der Waals surface area contributed by atoms with Crippen LogP contribution in [-0.4, -0.2) is 18.2 Å². The van der Waals surface area contributed by atoms with Crippen LogP contribution in [0, 0.1) is 0 Å². The lowest BCUT2D eigenvalue weighted by Gasteiger charge is -2.14. The minimum Gasteiger partial charge on any atom is -0.495 e. The summed E-state index contributed by atoms with van der Waals surface area (Å²) >= 11 is 8.53. The molecule has 0 unspecified atom stereocenters. The number of halogens is 5. The van der Waals surface area contributed by atoms with Crippen molar-refractivity contribution in [3.63, 3.8) is 0 Å². The van der Waals surface area contributed by atoms with Crippen molar-refractivity contribution in [2.75, 3.05) is 12.4 Å². The second-order valence-corrected chi connectivity index (χ2v) is 4.06. The van der Waals surface area contributed by atoms with Crippen LogP contribution in [0.2, 0.25) is 5.02 Å². The monoisotopic (exact) mass is 330 g/mol. The molecule has 7 heteroatoms. The molecule has 0 atom stereocenters. The summed E-state index contributed by atoms with van der Waals surface area (Å²) in [6, 6.07) is 1.88. The highest BCUT2D eigenvalue weighted by Crippen LogP contribution is 2.41. The van der Waals surface area contributed by atoms with Gasteiger partial charge < -0.3 is 4.74 Å². The highest BCUT2D eigenvalue weighted by Gasteiger charge is 2.36. The maximum absolute atomic E-state index is 12.7. The highest BCUT2D eigenvalue weighted by molar-refractivity contribution is 9.09. The summed E-state index contributed by atoms with van der Waals surface area (Å²) in [5, 5.41) is -0.320. The number of ketones is 1. The molecule has 1 aromatic carbocycles. The first kappa shape index (κ1) is 14.3. The molecule has 0 heterocycles. The first-order valence-corrected chi connectivity index (χ1v) is 5.85. The summed E-state index contributed by atoms with van der Waals surface area (Å²) in [4.78, 5) is 11.3. The zero-order valence-corrected chi connectivity index (χ0v) is 10.9. The molecular weight excluding hydrogens is 324 g/mol. The van der Waals surface area contributed by atoms with Crippen LogP contribution >= 0.6 is 27.5 Å². The molecule has 0 aliphatic carbocycles. The molecule has 0 aromatic heterocycles. The number of rotatable bonds is 3. The minimum atomic E-state index is -4.63. The van der Waals surface area contributed by atoms with E-state index in [9.17, 15) is 18.0 Å². The Morgan fingerprint density at radius 2 is 2.06 bits per heavy atom. The topological polar surface area (TPSA) is 26.3 Å². The predicted molar refractivity (Wildman–Crippen MR) is 61.1 cm³/mol. The van der Waals surface area contributed by atoms with Crippen LogP contribution in [-0.2, 0) is 6.18 Å². The Kier molecular flexibility index (Phi) is 4.43. The predicted octanol–water partition coefficient (Wildman–Crippen LogP) is 3.95. The van der Waals surface area contributed by atoms with E-state index in [1.807, 2.05) is 0 Å². The van der Waals surface area contributed by atoms with Crippen molar-refractivity contribution in [3.05, 3.63) is 28.3 Å². The largest absolute Gasteiger partial charge is 0.495 e. The van der Waals surface area contributed by atoms with Crippen molar-refractivity contribution >= 4 is 33.3 Å². The number of alkyl halides is 4. The van der Waals surface area contributed by atoms with Crippen LogP contribution in [0.1, 0.15) is 15.9 Å². The van der Waals surface area contributed by atoms with Crippen molar-refractivity contribution in [1.29, 1.82) is 0 Å². The highest BCUT2D eigenvalue weighted by atomic mass is 79.9. The summed E-state index contributed by atoms with van der Waals surface area (Å²) in [6.07, 6.45) is -4.63. The van der Waals surface area contributed by atoms with E-state index in [1.54, 1.807) is 0 Å². The Morgan fingerprint density at radius 1 is 1.47 bits per heavy atom. The van der Waals surface area contributed by atoms with Gasteiger partial charge in [-0.15, -0.1) is 0 Å². The number of Topliss-reactive ketones (excluding diaryl/α,β-unsaturated/α-hetero) is 1. The second kappa shape index (κ2) is 5.27. The zero-order chi connectivity index (χ0) is 13.2. The Hall–Kier alpha value is -0.750. The third-order valence-corrected chi connectivity index (χ3v) is 2.79. The molecule has 1 aromatic rings. The summed E-state index contributed by atoms with van der Waals surface area (Å²) in [5.74, 6) is -0.967. The molecule has 0 aliphatic rings. The number of benzene rings is 1. The lowest BCUT2D eigenvalue weighted by atomic mass is 10.1. The molecule has 0 saturated carbocycles. The van der Waals surface area contributed by atoms with Gasteiger partial charge in [-0.05, 0) is 12.1 Å². The van der Waals surface area contributed by atoms with Gasteiger partial charge in [0, 0.05) is 5.56 Å². The van der Waals surface area contributed by atoms with E-state index in [0.29, 0.717) is 0 Å². The van der Waals surface area contributed by atoms with Crippen molar-refractivity contribution in [1.82, 2.24) is 0 Å². The number of hydrogen-bond acceptors (Lipinski definition) is 2. The number of methoxy groups -OCH3 is 1. The Bertz CT molecular complexity index is 446. The van der Waals surface area contributed by atoms with Crippen molar-refractivity contribution in [2.45, 2.75) is 6.18 Å². The second-order valence-electron chi connectivity index (χ2n) is 3.09. The fraction of sp³-hybridized carbons (Fsp3) is 0.300. The molecule has 0 aliphatic heterocycles. The summed E-state index contributed by atoms with van der Waals surface area (Å²) < 4.78 is 42.7. The summed E-state index contributed by atoms with van der Waals surface area (Å²) in [7, 11) is 1.09. The molecule has 0 fully saturated rings. The van der Waals surface area contributed by atoms with Crippen LogP contribution in [0.5, 0.6) is 5.75 Å². The first-order valence-electron chi connectivity index (χ1n) is 4.35.